The van der Waals surface area contributed by atoms with Crippen molar-refractivity contribution in [1.29, 1.82) is 0 Å². The largest absolute Gasteiger partial charge is 0.339 e. The summed E-state index contributed by atoms with van der Waals surface area (Å²) in [5, 5.41) is 3.06. The van der Waals surface area contributed by atoms with Crippen molar-refractivity contribution in [2.24, 2.45) is 0 Å². The Morgan fingerprint density at radius 2 is 1.71 bits per heavy atom. The molecule has 7 heteroatoms. The van der Waals surface area contributed by atoms with E-state index in [1.54, 1.807) is 24.0 Å². The number of amides is 1. The number of carbonyl (C=O) groups is 1. The molecule has 1 aliphatic heterocycles. The topological polar surface area (TPSA) is 35.6 Å². The van der Waals surface area contributed by atoms with Gasteiger partial charge in [-0.2, -0.15) is 0 Å². The van der Waals surface area contributed by atoms with Gasteiger partial charge >= 0.3 is 0 Å². The maximum absolute atomic E-state index is 13.8. The monoisotopic (exact) mass is 391 g/mol. The summed E-state index contributed by atoms with van der Waals surface area (Å²) in [6.07, 6.45) is 0. The van der Waals surface area contributed by atoms with Gasteiger partial charge in [0.15, 0.2) is 11.6 Å². The van der Waals surface area contributed by atoms with Crippen molar-refractivity contribution >= 4 is 5.91 Å². The molecule has 3 rings (SSSR count). The standard InChI is InChI=1S/C21H24F3N3O/c1-15(16-6-7-19(23)20(24)12-16)25-13-21(28)27-10-8-26(9-11-27)14-17-4-2-3-5-18(17)22/h2-7,12,15,25H,8-11,13-14H2,1H3/t15-/m0/s1. The minimum Gasteiger partial charge on any atom is -0.339 e. The maximum atomic E-state index is 13.8. The smallest absolute Gasteiger partial charge is 0.236 e. The highest BCUT2D eigenvalue weighted by Gasteiger charge is 2.22. The molecule has 1 N–H and O–H groups in total. The lowest BCUT2D eigenvalue weighted by Gasteiger charge is -2.35. The van der Waals surface area contributed by atoms with Crippen LogP contribution in [0.3, 0.4) is 0 Å². The third-order valence-electron chi connectivity index (χ3n) is 5.08. The van der Waals surface area contributed by atoms with E-state index < -0.39 is 11.6 Å². The molecule has 0 bridgehead atoms. The highest BCUT2D eigenvalue weighted by molar-refractivity contribution is 5.78. The summed E-state index contributed by atoms with van der Waals surface area (Å²) in [4.78, 5) is 16.3. The van der Waals surface area contributed by atoms with Gasteiger partial charge < -0.3 is 10.2 Å². The molecular formula is C21H24F3N3O. The lowest BCUT2D eigenvalue weighted by Crippen LogP contribution is -2.50. The minimum absolute atomic E-state index is 0.0417. The number of carbonyl (C=O) groups excluding carboxylic acids is 1. The molecule has 2 aromatic carbocycles. The zero-order valence-corrected chi connectivity index (χ0v) is 15.8. The first-order valence-electron chi connectivity index (χ1n) is 9.36. The van der Waals surface area contributed by atoms with Gasteiger partial charge in [0.25, 0.3) is 0 Å². The predicted octanol–water partition coefficient (Wildman–Crippen LogP) is 3.10. The first-order chi connectivity index (χ1) is 13.4. The van der Waals surface area contributed by atoms with Crippen molar-refractivity contribution in [2.75, 3.05) is 32.7 Å². The molecule has 1 heterocycles. The summed E-state index contributed by atoms with van der Waals surface area (Å²) in [5.74, 6) is -2.04. The van der Waals surface area contributed by atoms with Crippen LogP contribution in [0.4, 0.5) is 13.2 Å². The fourth-order valence-electron chi connectivity index (χ4n) is 3.27. The Kier molecular flexibility index (Phi) is 6.70. The van der Waals surface area contributed by atoms with Gasteiger partial charge in [-0.15, -0.1) is 0 Å². The van der Waals surface area contributed by atoms with Gasteiger partial charge in [-0.1, -0.05) is 24.3 Å². The Bertz CT molecular complexity index is 822. The van der Waals surface area contributed by atoms with Crippen molar-refractivity contribution in [3.05, 3.63) is 71.0 Å². The number of hydrogen-bond acceptors (Lipinski definition) is 3. The summed E-state index contributed by atoms with van der Waals surface area (Å²) in [5.41, 5.74) is 1.24. The Hall–Kier alpha value is -2.38. The molecule has 0 radical (unpaired) electrons. The average Bonchev–Trinajstić information content (AvgIpc) is 2.70. The number of nitrogens with zero attached hydrogens (tertiary/aromatic N) is 2. The van der Waals surface area contributed by atoms with Crippen LogP contribution in [-0.4, -0.2) is 48.4 Å². The van der Waals surface area contributed by atoms with Crippen LogP contribution in [0.25, 0.3) is 0 Å². The van der Waals surface area contributed by atoms with Crippen LogP contribution < -0.4 is 5.32 Å². The zero-order chi connectivity index (χ0) is 20.1. The summed E-state index contributed by atoms with van der Waals surface area (Å²) >= 11 is 0. The molecule has 1 fully saturated rings. The summed E-state index contributed by atoms with van der Waals surface area (Å²) in [6, 6.07) is 10.2. The summed E-state index contributed by atoms with van der Waals surface area (Å²) in [6.45, 7) is 4.96. The van der Waals surface area contributed by atoms with Gasteiger partial charge in [0, 0.05) is 44.3 Å². The molecule has 1 atom stereocenters. The molecule has 150 valence electrons. The van der Waals surface area contributed by atoms with Gasteiger partial charge in [0.05, 0.1) is 6.54 Å². The lowest BCUT2D eigenvalue weighted by atomic mass is 10.1. The van der Waals surface area contributed by atoms with Gasteiger partial charge in [0.2, 0.25) is 5.91 Å². The number of nitrogens with one attached hydrogen (secondary N) is 1. The molecule has 1 aliphatic rings. The van der Waals surface area contributed by atoms with Crippen LogP contribution in [0, 0.1) is 17.5 Å². The highest BCUT2D eigenvalue weighted by Crippen LogP contribution is 2.16. The second-order valence-electron chi connectivity index (χ2n) is 7.02. The fourth-order valence-corrected chi connectivity index (χ4v) is 3.27. The predicted molar refractivity (Wildman–Crippen MR) is 101 cm³/mol. The third kappa shape index (κ3) is 5.11. The molecule has 1 saturated heterocycles. The Labute approximate surface area is 162 Å². The quantitative estimate of drug-likeness (QED) is 0.822. The molecule has 28 heavy (non-hydrogen) atoms. The Morgan fingerprint density at radius 3 is 2.39 bits per heavy atom. The molecule has 2 aromatic rings. The normalized spacial score (nSPS) is 16.2. The number of rotatable bonds is 6. The molecule has 0 saturated carbocycles. The van der Waals surface area contributed by atoms with Gasteiger partial charge in [-0.25, -0.2) is 13.2 Å². The maximum Gasteiger partial charge on any atom is 0.236 e. The van der Waals surface area contributed by atoms with E-state index in [1.807, 2.05) is 6.07 Å². The number of hydrogen-bond donors (Lipinski definition) is 1. The average molecular weight is 391 g/mol. The number of piperazine rings is 1. The molecule has 0 unspecified atom stereocenters. The molecule has 4 nitrogen and oxygen atoms in total. The Morgan fingerprint density at radius 1 is 1.00 bits per heavy atom. The first-order valence-corrected chi connectivity index (χ1v) is 9.36. The number of halogens is 3. The van der Waals surface area contributed by atoms with Crippen molar-refractivity contribution < 1.29 is 18.0 Å². The molecule has 0 spiro atoms. The van der Waals surface area contributed by atoms with Crippen molar-refractivity contribution in [1.82, 2.24) is 15.1 Å². The summed E-state index contributed by atoms with van der Waals surface area (Å²) < 4.78 is 40.1. The van der Waals surface area contributed by atoms with Crippen molar-refractivity contribution in [3.63, 3.8) is 0 Å². The second-order valence-corrected chi connectivity index (χ2v) is 7.02. The first kappa shape index (κ1) is 20.4. The van der Waals surface area contributed by atoms with E-state index in [-0.39, 0.29) is 24.3 Å². The van der Waals surface area contributed by atoms with Crippen LogP contribution in [0.15, 0.2) is 42.5 Å². The lowest BCUT2D eigenvalue weighted by molar-refractivity contribution is -0.132. The van der Waals surface area contributed by atoms with E-state index >= 15 is 0 Å². The highest BCUT2D eigenvalue weighted by atomic mass is 19.2. The van der Waals surface area contributed by atoms with Crippen LogP contribution >= 0.6 is 0 Å². The number of benzene rings is 2. The zero-order valence-electron chi connectivity index (χ0n) is 15.8. The van der Waals surface area contributed by atoms with Crippen LogP contribution in [0.5, 0.6) is 0 Å². The SMILES string of the molecule is C[C@H](NCC(=O)N1CCN(Cc2ccccc2F)CC1)c1ccc(F)c(F)c1. The molecular weight excluding hydrogens is 367 g/mol. The van der Waals surface area contributed by atoms with Gasteiger partial charge in [-0.05, 0) is 30.7 Å². The van der Waals surface area contributed by atoms with E-state index in [1.165, 1.54) is 12.1 Å². The molecule has 0 aromatic heterocycles. The van der Waals surface area contributed by atoms with Crippen LogP contribution in [-0.2, 0) is 11.3 Å². The van der Waals surface area contributed by atoms with E-state index in [4.69, 9.17) is 0 Å². The van der Waals surface area contributed by atoms with Gasteiger partial charge in [0.1, 0.15) is 5.82 Å². The van der Waals surface area contributed by atoms with Crippen LogP contribution in [0.2, 0.25) is 0 Å². The van der Waals surface area contributed by atoms with E-state index in [2.05, 4.69) is 10.2 Å². The molecule has 0 aliphatic carbocycles. The Balaban J connectivity index is 1.44. The summed E-state index contributed by atoms with van der Waals surface area (Å²) in [7, 11) is 0. The second kappa shape index (κ2) is 9.21. The molecule has 1 amide bonds. The van der Waals surface area contributed by atoms with Crippen molar-refractivity contribution in [2.45, 2.75) is 19.5 Å². The van der Waals surface area contributed by atoms with E-state index in [0.717, 1.165) is 12.1 Å². The van der Waals surface area contributed by atoms with Gasteiger partial charge in [-0.3, -0.25) is 9.69 Å². The van der Waals surface area contributed by atoms with Crippen molar-refractivity contribution in [3.8, 4) is 0 Å². The van der Waals surface area contributed by atoms with Crippen LogP contribution in [0.1, 0.15) is 24.1 Å². The van der Waals surface area contributed by atoms with E-state index in [9.17, 15) is 18.0 Å². The van der Waals surface area contributed by atoms with E-state index in [0.29, 0.717) is 43.9 Å². The fraction of sp³-hybridized carbons (Fsp3) is 0.381. The third-order valence-corrected chi connectivity index (χ3v) is 5.08. The minimum atomic E-state index is -0.900.